The third kappa shape index (κ3) is 3.24. The van der Waals surface area contributed by atoms with Gasteiger partial charge in [-0.25, -0.2) is 4.39 Å². The summed E-state index contributed by atoms with van der Waals surface area (Å²) in [6, 6.07) is 5.77. The zero-order chi connectivity index (χ0) is 12.0. The minimum atomic E-state index is -0.398. The molecule has 0 saturated heterocycles. The maximum Gasteiger partial charge on any atom is 0.234 e. The van der Waals surface area contributed by atoms with Crippen molar-refractivity contribution in [3.63, 3.8) is 0 Å². The number of ether oxygens (including phenoxy) is 1. The molecule has 0 aliphatic carbocycles. The molecule has 1 N–H and O–H groups in total. The molecule has 1 aromatic carbocycles. The van der Waals surface area contributed by atoms with Gasteiger partial charge in [0.05, 0.1) is 13.2 Å². The van der Waals surface area contributed by atoms with Crippen LogP contribution < -0.4 is 10.1 Å². The van der Waals surface area contributed by atoms with Crippen molar-refractivity contribution in [1.29, 1.82) is 5.26 Å². The van der Waals surface area contributed by atoms with Crippen LogP contribution in [0.1, 0.15) is 12.0 Å². The fourth-order valence-electron chi connectivity index (χ4n) is 1.21. The second-order valence-corrected chi connectivity index (χ2v) is 3.07. The fraction of sp³-hybridized carbons (Fsp3) is 0.273. The van der Waals surface area contributed by atoms with Crippen LogP contribution in [0.25, 0.3) is 0 Å². The van der Waals surface area contributed by atoms with E-state index >= 15 is 0 Å². The minimum Gasteiger partial charge on any atom is -0.496 e. The first-order chi connectivity index (χ1) is 7.67. The van der Waals surface area contributed by atoms with Crippen LogP contribution in [-0.2, 0) is 11.3 Å². The second kappa shape index (κ2) is 5.71. The monoisotopic (exact) mass is 222 g/mol. The molecule has 1 rings (SSSR count). The highest BCUT2D eigenvalue weighted by atomic mass is 19.1. The van der Waals surface area contributed by atoms with Crippen LogP contribution in [0.5, 0.6) is 5.75 Å². The van der Waals surface area contributed by atoms with E-state index in [2.05, 4.69) is 5.32 Å². The van der Waals surface area contributed by atoms with Gasteiger partial charge in [0, 0.05) is 12.1 Å². The van der Waals surface area contributed by atoms with Crippen molar-refractivity contribution in [2.45, 2.75) is 13.0 Å². The van der Waals surface area contributed by atoms with Crippen molar-refractivity contribution < 1.29 is 13.9 Å². The van der Waals surface area contributed by atoms with Crippen LogP contribution in [0.2, 0.25) is 0 Å². The molecule has 0 aliphatic rings. The number of carbonyl (C=O) groups is 1. The van der Waals surface area contributed by atoms with Gasteiger partial charge in [0.15, 0.2) is 0 Å². The number of methoxy groups -OCH3 is 1. The van der Waals surface area contributed by atoms with Gasteiger partial charge < -0.3 is 10.1 Å². The first kappa shape index (κ1) is 12.0. The molecule has 1 aromatic rings. The highest BCUT2D eigenvalue weighted by molar-refractivity contribution is 5.78. The lowest BCUT2D eigenvalue weighted by Gasteiger charge is -2.08. The van der Waals surface area contributed by atoms with Crippen LogP contribution in [-0.4, -0.2) is 13.0 Å². The number of carbonyl (C=O) groups excluding carboxylic acids is 1. The van der Waals surface area contributed by atoms with Crippen molar-refractivity contribution in [1.82, 2.24) is 5.32 Å². The molecule has 0 saturated carbocycles. The summed E-state index contributed by atoms with van der Waals surface area (Å²) in [5.41, 5.74) is 0.536. The molecule has 0 spiro atoms. The van der Waals surface area contributed by atoms with E-state index in [4.69, 9.17) is 10.00 Å². The van der Waals surface area contributed by atoms with Crippen LogP contribution in [0, 0.1) is 17.1 Å². The summed E-state index contributed by atoms with van der Waals surface area (Å²) in [4.78, 5) is 11.0. The van der Waals surface area contributed by atoms with Crippen LogP contribution in [0.3, 0.4) is 0 Å². The maximum atomic E-state index is 12.9. The molecule has 0 fully saturated rings. The van der Waals surface area contributed by atoms with Gasteiger partial charge in [0.25, 0.3) is 0 Å². The van der Waals surface area contributed by atoms with Crippen molar-refractivity contribution >= 4 is 5.91 Å². The Bertz CT molecular complexity index is 426. The quantitative estimate of drug-likeness (QED) is 0.836. The summed E-state index contributed by atoms with van der Waals surface area (Å²) in [7, 11) is 1.47. The van der Waals surface area contributed by atoms with Crippen molar-refractivity contribution in [2.24, 2.45) is 0 Å². The molecule has 0 bridgehead atoms. The van der Waals surface area contributed by atoms with Gasteiger partial charge in [-0.3, -0.25) is 4.79 Å². The molecular formula is C11H11FN2O2. The van der Waals surface area contributed by atoms with E-state index in [9.17, 15) is 9.18 Å². The normalized spacial score (nSPS) is 9.31. The molecule has 5 heteroatoms. The van der Waals surface area contributed by atoms with Gasteiger partial charge >= 0.3 is 0 Å². The number of halogens is 1. The number of nitriles is 1. The topological polar surface area (TPSA) is 62.1 Å². The number of rotatable bonds is 4. The van der Waals surface area contributed by atoms with Gasteiger partial charge in [0.2, 0.25) is 5.91 Å². The van der Waals surface area contributed by atoms with Gasteiger partial charge in [-0.1, -0.05) is 0 Å². The second-order valence-electron chi connectivity index (χ2n) is 3.07. The average molecular weight is 222 g/mol. The summed E-state index contributed by atoms with van der Waals surface area (Å²) >= 11 is 0. The van der Waals surface area contributed by atoms with Crippen molar-refractivity contribution in [3.05, 3.63) is 29.6 Å². The zero-order valence-electron chi connectivity index (χ0n) is 8.79. The molecule has 84 valence electrons. The molecule has 0 aliphatic heterocycles. The molecule has 0 heterocycles. The average Bonchev–Trinajstić information content (AvgIpc) is 2.27. The van der Waals surface area contributed by atoms with Gasteiger partial charge in [-0.05, 0) is 18.2 Å². The number of amides is 1. The van der Waals surface area contributed by atoms with Gasteiger partial charge in [0.1, 0.15) is 18.0 Å². The third-order valence-corrected chi connectivity index (χ3v) is 1.96. The Balaban J connectivity index is 2.69. The predicted molar refractivity (Wildman–Crippen MR) is 55.0 cm³/mol. The van der Waals surface area contributed by atoms with Crippen LogP contribution in [0.15, 0.2) is 18.2 Å². The van der Waals surface area contributed by atoms with Gasteiger partial charge in [-0.2, -0.15) is 5.26 Å². The summed E-state index contributed by atoms with van der Waals surface area (Å²) in [6.07, 6.45) is -0.211. The lowest BCUT2D eigenvalue weighted by molar-refractivity contribution is -0.120. The Morgan fingerprint density at radius 1 is 1.62 bits per heavy atom. The maximum absolute atomic E-state index is 12.9. The summed E-state index contributed by atoms with van der Waals surface area (Å²) in [5, 5.41) is 10.8. The molecule has 0 unspecified atom stereocenters. The Morgan fingerprint density at radius 3 is 3.00 bits per heavy atom. The lowest BCUT2D eigenvalue weighted by Crippen LogP contribution is -2.22. The minimum absolute atomic E-state index is 0.140. The number of hydrogen-bond donors (Lipinski definition) is 1. The Morgan fingerprint density at radius 2 is 2.38 bits per heavy atom. The van der Waals surface area contributed by atoms with Gasteiger partial charge in [-0.15, -0.1) is 0 Å². The van der Waals surface area contributed by atoms with Crippen molar-refractivity contribution in [3.8, 4) is 11.8 Å². The van der Waals surface area contributed by atoms with E-state index in [-0.39, 0.29) is 13.0 Å². The van der Waals surface area contributed by atoms with E-state index in [1.165, 1.54) is 25.3 Å². The fourth-order valence-corrected chi connectivity index (χ4v) is 1.21. The Kier molecular flexibility index (Phi) is 4.28. The molecular weight excluding hydrogens is 211 g/mol. The van der Waals surface area contributed by atoms with E-state index < -0.39 is 11.7 Å². The number of nitrogens with zero attached hydrogens (tertiary/aromatic N) is 1. The highest BCUT2D eigenvalue weighted by Crippen LogP contribution is 2.18. The van der Waals surface area contributed by atoms with E-state index in [0.717, 1.165) is 0 Å². The van der Waals surface area contributed by atoms with E-state index in [0.29, 0.717) is 11.3 Å². The Hall–Kier alpha value is -2.09. The Labute approximate surface area is 92.6 Å². The molecule has 16 heavy (non-hydrogen) atoms. The SMILES string of the molecule is COc1ccc(F)cc1CNC(=O)CC#N. The van der Waals surface area contributed by atoms with E-state index in [1.807, 2.05) is 0 Å². The first-order valence-corrected chi connectivity index (χ1v) is 4.63. The molecule has 0 atom stereocenters. The van der Waals surface area contributed by atoms with Crippen LogP contribution >= 0.6 is 0 Å². The number of hydrogen-bond acceptors (Lipinski definition) is 3. The highest BCUT2D eigenvalue weighted by Gasteiger charge is 2.06. The largest absolute Gasteiger partial charge is 0.496 e. The van der Waals surface area contributed by atoms with E-state index in [1.54, 1.807) is 6.07 Å². The summed E-state index contributed by atoms with van der Waals surface area (Å²) in [6.45, 7) is 0.140. The molecule has 0 radical (unpaired) electrons. The molecule has 4 nitrogen and oxygen atoms in total. The smallest absolute Gasteiger partial charge is 0.234 e. The first-order valence-electron chi connectivity index (χ1n) is 4.63. The van der Waals surface area contributed by atoms with Crippen molar-refractivity contribution in [2.75, 3.05) is 7.11 Å². The number of benzene rings is 1. The lowest BCUT2D eigenvalue weighted by atomic mass is 10.2. The third-order valence-electron chi connectivity index (χ3n) is 1.96. The standard InChI is InChI=1S/C11H11FN2O2/c1-16-10-3-2-9(12)6-8(10)7-14-11(15)4-5-13/h2-3,6H,4,7H2,1H3,(H,14,15). The zero-order valence-corrected chi connectivity index (χ0v) is 8.79. The number of nitrogens with one attached hydrogen (secondary N) is 1. The molecule has 0 aromatic heterocycles. The summed E-state index contributed by atoms with van der Waals surface area (Å²) in [5.74, 6) is -0.294. The predicted octanol–water partition coefficient (Wildman–Crippen LogP) is 1.36. The van der Waals surface area contributed by atoms with Crippen LogP contribution in [0.4, 0.5) is 4.39 Å². The molecule has 1 amide bonds. The summed E-state index contributed by atoms with van der Waals surface area (Å²) < 4.78 is 17.9.